The smallest absolute Gasteiger partial charge is 0.272 e. The fourth-order valence-electron chi connectivity index (χ4n) is 3.56. The summed E-state index contributed by atoms with van der Waals surface area (Å²) in [4.78, 5) is 25.6. The SMILES string of the molecule is Cc1c2c(c(C(=O)Nc3ccc(F)c(C(F)F)c3)n1C)CCC(C)(C)NC2=O. The van der Waals surface area contributed by atoms with Gasteiger partial charge < -0.3 is 15.2 Å². The van der Waals surface area contributed by atoms with Crippen LogP contribution in [-0.2, 0) is 13.5 Å². The second-order valence-corrected chi connectivity index (χ2v) is 7.68. The van der Waals surface area contributed by atoms with Crippen LogP contribution in [0.4, 0.5) is 18.9 Å². The van der Waals surface area contributed by atoms with Crippen molar-refractivity contribution in [3.63, 3.8) is 0 Å². The van der Waals surface area contributed by atoms with E-state index in [1.165, 1.54) is 6.07 Å². The van der Waals surface area contributed by atoms with E-state index in [1.807, 2.05) is 13.8 Å². The van der Waals surface area contributed by atoms with Crippen LogP contribution in [0.3, 0.4) is 0 Å². The van der Waals surface area contributed by atoms with Crippen molar-refractivity contribution in [2.24, 2.45) is 7.05 Å². The van der Waals surface area contributed by atoms with Gasteiger partial charge >= 0.3 is 0 Å². The van der Waals surface area contributed by atoms with Gasteiger partial charge in [-0.2, -0.15) is 0 Å². The van der Waals surface area contributed by atoms with E-state index in [0.29, 0.717) is 35.4 Å². The summed E-state index contributed by atoms with van der Waals surface area (Å²) in [7, 11) is 1.67. The van der Waals surface area contributed by atoms with Crippen molar-refractivity contribution in [1.82, 2.24) is 9.88 Å². The number of anilines is 1. The number of hydrogen-bond acceptors (Lipinski definition) is 2. The van der Waals surface area contributed by atoms with Gasteiger partial charge in [0.25, 0.3) is 18.2 Å². The van der Waals surface area contributed by atoms with Gasteiger partial charge in [-0.3, -0.25) is 9.59 Å². The molecule has 0 unspecified atom stereocenters. The number of nitrogens with zero attached hydrogens (tertiary/aromatic N) is 1. The lowest BCUT2D eigenvalue weighted by Crippen LogP contribution is -2.42. The van der Waals surface area contributed by atoms with E-state index in [9.17, 15) is 22.8 Å². The highest BCUT2D eigenvalue weighted by atomic mass is 19.3. The quantitative estimate of drug-likeness (QED) is 0.824. The van der Waals surface area contributed by atoms with E-state index in [4.69, 9.17) is 0 Å². The summed E-state index contributed by atoms with van der Waals surface area (Å²) in [6, 6.07) is 3.04. The Morgan fingerprint density at radius 2 is 2.00 bits per heavy atom. The molecule has 0 bridgehead atoms. The van der Waals surface area contributed by atoms with Gasteiger partial charge in [-0.15, -0.1) is 0 Å². The summed E-state index contributed by atoms with van der Waals surface area (Å²) >= 11 is 0. The summed E-state index contributed by atoms with van der Waals surface area (Å²) in [5.41, 5.74) is 0.896. The first-order valence-corrected chi connectivity index (χ1v) is 8.91. The number of aromatic nitrogens is 1. The van der Waals surface area contributed by atoms with Crippen LogP contribution < -0.4 is 10.6 Å². The molecule has 2 amide bonds. The Morgan fingerprint density at radius 3 is 2.64 bits per heavy atom. The van der Waals surface area contributed by atoms with Gasteiger partial charge in [0.15, 0.2) is 0 Å². The average molecular weight is 393 g/mol. The van der Waals surface area contributed by atoms with Gasteiger partial charge in [-0.25, -0.2) is 13.2 Å². The molecule has 0 spiro atoms. The lowest BCUT2D eigenvalue weighted by atomic mass is 9.96. The van der Waals surface area contributed by atoms with Crippen LogP contribution in [0.25, 0.3) is 0 Å². The van der Waals surface area contributed by atoms with E-state index in [2.05, 4.69) is 10.6 Å². The number of alkyl halides is 2. The van der Waals surface area contributed by atoms with Crippen LogP contribution in [0.15, 0.2) is 18.2 Å². The van der Waals surface area contributed by atoms with Crippen molar-refractivity contribution >= 4 is 17.5 Å². The minimum Gasteiger partial charge on any atom is -0.347 e. The third kappa shape index (κ3) is 3.50. The number of carbonyl (C=O) groups is 2. The number of halogens is 3. The highest BCUT2D eigenvalue weighted by Crippen LogP contribution is 2.30. The third-order valence-corrected chi connectivity index (χ3v) is 5.17. The zero-order chi connectivity index (χ0) is 20.8. The van der Waals surface area contributed by atoms with Gasteiger partial charge in [0.2, 0.25) is 0 Å². The number of hydrogen-bond donors (Lipinski definition) is 2. The van der Waals surface area contributed by atoms with Crippen molar-refractivity contribution < 1.29 is 22.8 Å². The summed E-state index contributed by atoms with van der Waals surface area (Å²) < 4.78 is 41.0. The van der Waals surface area contributed by atoms with Crippen LogP contribution in [0.5, 0.6) is 0 Å². The molecule has 0 saturated heterocycles. The molecule has 0 atom stereocenters. The minimum atomic E-state index is -2.99. The second kappa shape index (κ2) is 7.00. The van der Waals surface area contributed by atoms with Gasteiger partial charge in [0, 0.05) is 24.0 Å². The van der Waals surface area contributed by atoms with Crippen LogP contribution >= 0.6 is 0 Å². The van der Waals surface area contributed by atoms with Crippen molar-refractivity contribution in [2.75, 3.05) is 5.32 Å². The standard InChI is InChI=1S/C20H22F3N3O2/c1-10-15-12(7-8-20(2,3)25-18(15)27)16(26(10)4)19(28)24-11-5-6-14(21)13(9-11)17(22)23/h5-6,9,17H,7-8H2,1-4H3,(H,24,28)(H,25,27). The molecule has 1 aromatic carbocycles. The van der Waals surface area contributed by atoms with Crippen LogP contribution in [0.2, 0.25) is 0 Å². The summed E-state index contributed by atoms with van der Waals surface area (Å²) in [5, 5.41) is 5.51. The first-order chi connectivity index (χ1) is 13.0. The fraction of sp³-hybridized carbons (Fsp3) is 0.400. The molecule has 0 aliphatic carbocycles. The minimum absolute atomic E-state index is 0.0627. The zero-order valence-corrected chi connectivity index (χ0v) is 16.1. The first-order valence-electron chi connectivity index (χ1n) is 8.91. The normalized spacial score (nSPS) is 15.8. The fourth-order valence-corrected chi connectivity index (χ4v) is 3.56. The predicted octanol–water partition coefficient (Wildman–Crippen LogP) is 4.12. The van der Waals surface area contributed by atoms with E-state index >= 15 is 0 Å². The zero-order valence-electron chi connectivity index (χ0n) is 16.1. The monoisotopic (exact) mass is 393 g/mol. The molecule has 2 N–H and O–H groups in total. The molecule has 2 heterocycles. The first kappa shape index (κ1) is 20.0. The van der Waals surface area contributed by atoms with Crippen molar-refractivity contribution in [3.05, 3.63) is 52.1 Å². The molecule has 0 fully saturated rings. The molecule has 2 aromatic rings. The molecule has 1 aromatic heterocycles. The Kier molecular flexibility index (Phi) is 4.99. The number of benzene rings is 1. The van der Waals surface area contributed by atoms with Crippen LogP contribution in [-0.4, -0.2) is 21.9 Å². The Balaban J connectivity index is 1.99. The van der Waals surface area contributed by atoms with Gasteiger partial charge in [-0.05, 0) is 57.4 Å². The maximum Gasteiger partial charge on any atom is 0.272 e. The number of nitrogens with one attached hydrogen (secondary N) is 2. The van der Waals surface area contributed by atoms with E-state index in [0.717, 1.165) is 12.1 Å². The summed E-state index contributed by atoms with van der Waals surface area (Å²) in [5.74, 6) is -1.81. The predicted molar refractivity (Wildman–Crippen MR) is 99.3 cm³/mol. The van der Waals surface area contributed by atoms with Crippen molar-refractivity contribution in [3.8, 4) is 0 Å². The topological polar surface area (TPSA) is 63.1 Å². The average Bonchev–Trinajstić information content (AvgIpc) is 2.77. The molecule has 0 radical (unpaired) electrons. The Bertz CT molecular complexity index is 964. The number of carbonyl (C=O) groups excluding carboxylic acids is 2. The van der Waals surface area contributed by atoms with Gasteiger partial charge in [0.05, 0.1) is 11.1 Å². The Hall–Kier alpha value is -2.77. The largest absolute Gasteiger partial charge is 0.347 e. The molecular weight excluding hydrogens is 371 g/mol. The molecule has 8 heteroatoms. The lowest BCUT2D eigenvalue weighted by Gasteiger charge is -2.23. The van der Waals surface area contributed by atoms with E-state index in [-0.39, 0.29) is 11.6 Å². The molecule has 3 rings (SSSR count). The van der Waals surface area contributed by atoms with Crippen molar-refractivity contribution in [1.29, 1.82) is 0 Å². The van der Waals surface area contributed by atoms with E-state index < -0.39 is 29.3 Å². The van der Waals surface area contributed by atoms with Crippen molar-refractivity contribution in [2.45, 2.75) is 45.6 Å². The van der Waals surface area contributed by atoms with Crippen LogP contribution in [0.1, 0.15) is 64.4 Å². The Labute approximate surface area is 160 Å². The number of fused-ring (bicyclic) bond motifs is 1. The highest BCUT2D eigenvalue weighted by Gasteiger charge is 2.34. The Morgan fingerprint density at radius 1 is 1.32 bits per heavy atom. The second-order valence-electron chi connectivity index (χ2n) is 7.68. The molecule has 1 aliphatic rings. The molecule has 5 nitrogen and oxygen atoms in total. The molecule has 0 saturated carbocycles. The third-order valence-electron chi connectivity index (χ3n) is 5.17. The molecular formula is C20H22F3N3O2. The van der Waals surface area contributed by atoms with Crippen LogP contribution in [0, 0.1) is 12.7 Å². The molecule has 28 heavy (non-hydrogen) atoms. The maximum absolute atomic E-state index is 13.5. The highest BCUT2D eigenvalue weighted by molar-refractivity contribution is 6.08. The van der Waals surface area contributed by atoms with Gasteiger partial charge in [-0.1, -0.05) is 0 Å². The number of rotatable bonds is 3. The summed E-state index contributed by atoms with van der Waals surface area (Å²) in [6.45, 7) is 5.58. The molecule has 1 aliphatic heterocycles. The maximum atomic E-state index is 13.5. The summed E-state index contributed by atoms with van der Waals surface area (Å²) in [6.07, 6.45) is -1.84. The van der Waals surface area contributed by atoms with E-state index in [1.54, 1.807) is 18.5 Å². The number of amides is 2. The lowest BCUT2D eigenvalue weighted by molar-refractivity contribution is 0.0914. The molecule has 150 valence electrons. The van der Waals surface area contributed by atoms with Gasteiger partial charge in [0.1, 0.15) is 11.5 Å².